The van der Waals surface area contributed by atoms with Gasteiger partial charge in [0.2, 0.25) is 5.96 Å². The summed E-state index contributed by atoms with van der Waals surface area (Å²) in [6.07, 6.45) is 3.45. The SMILES string of the molecule is Cc1ccnc2c1/C(=N/N=C(N)N)CC(c1ccc(Cl)cc1)C2.Cl.Cl. The highest BCUT2D eigenvalue weighted by molar-refractivity contribution is 6.30. The van der Waals surface area contributed by atoms with Crippen molar-refractivity contribution in [2.24, 2.45) is 21.7 Å². The minimum absolute atomic E-state index is 0. The van der Waals surface area contributed by atoms with Crippen LogP contribution in [-0.4, -0.2) is 16.7 Å². The Balaban J connectivity index is 0.00000156. The van der Waals surface area contributed by atoms with E-state index in [-0.39, 0.29) is 36.7 Å². The van der Waals surface area contributed by atoms with E-state index in [1.54, 1.807) is 0 Å². The van der Waals surface area contributed by atoms with Crippen LogP contribution in [0.1, 0.15) is 34.7 Å². The lowest BCUT2D eigenvalue weighted by atomic mass is 9.80. The van der Waals surface area contributed by atoms with Crippen molar-refractivity contribution in [1.82, 2.24) is 4.98 Å². The van der Waals surface area contributed by atoms with Gasteiger partial charge >= 0.3 is 0 Å². The molecule has 1 unspecified atom stereocenters. The Morgan fingerprint density at radius 2 is 1.80 bits per heavy atom. The Hall–Kier alpha value is -1.82. The van der Waals surface area contributed by atoms with Crippen LogP contribution >= 0.6 is 36.4 Å². The molecule has 3 rings (SSSR count). The van der Waals surface area contributed by atoms with Gasteiger partial charge in [0.15, 0.2) is 0 Å². The topological polar surface area (TPSA) is 89.6 Å². The van der Waals surface area contributed by atoms with E-state index in [2.05, 4.69) is 15.2 Å². The van der Waals surface area contributed by atoms with Crippen molar-refractivity contribution < 1.29 is 0 Å². The van der Waals surface area contributed by atoms with Crippen molar-refractivity contribution in [3.8, 4) is 0 Å². The monoisotopic (exact) mass is 399 g/mol. The van der Waals surface area contributed by atoms with Gasteiger partial charge in [0.05, 0.1) is 11.4 Å². The van der Waals surface area contributed by atoms with Crippen LogP contribution in [0.2, 0.25) is 5.02 Å². The number of nitrogens with two attached hydrogens (primary N) is 2. The van der Waals surface area contributed by atoms with Gasteiger partial charge in [-0.05, 0) is 55.0 Å². The molecule has 134 valence electrons. The number of hydrogen-bond acceptors (Lipinski definition) is 3. The summed E-state index contributed by atoms with van der Waals surface area (Å²) in [7, 11) is 0. The van der Waals surface area contributed by atoms with Gasteiger partial charge in [-0.15, -0.1) is 29.9 Å². The lowest BCUT2D eigenvalue weighted by molar-refractivity contribution is 0.677. The first-order chi connectivity index (χ1) is 11.0. The second-order valence-corrected chi connectivity index (χ2v) is 6.11. The fraction of sp³-hybridized carbons (Fsp3) is 0.235. The third kappa shape index (κ3) is 4.84. The highest BCUT2D eigenvalue weighted by atomic mass is 35.5. The largest absolute Gasteiger partial charge is 0.369 e. The zero-order valence-corrected chi connectivity index (χ0v) is 16.0. The van der Waals surface area contributed by atoms with Crippen LogP contribution in [0.5, 0.6) is 0 Å². The van der Waals surface area contributed by atoms with E-state index in [0.717, 1.165) is 40.4 Å². The minimum Gasteiger partial charge on any atom is -0.369 e. The lowest BCUT2D eigenvalue weighted by Crippen LogP contribution is -2.24. The fourth-order valence-corrected chi connectivity index (χ4v) is 3.11. The van der Waals surface area contributed by atoms with Gasteiger partial charge in [-0.1, -0.05) is 23.7 Å². The minimum atomic E-state index is -0.0470. The van der Waals surface area contributed by atoms with E-state index in [9.17, 15) is 0 Å². The first-order valence-electron chi connectivity index (χ1n) is 7.40. The number of guanidine groups is 1. The smallest absolute Gasteiger partial charge is 0.211 e. The predicted octanol–water partition coefficient (Wildman–Crippen LogP) is 3.59. The summed E-state index contributed by atoms with van der Waals surface area (Å²) in [5.74, 6) is 0.233. The Kier molecular flexibility index (Phi) is 7.67. The predicted molar refractivity (Wildman–Crippen MR) is 108 cm³/mol. The summed E-state index contributed by atoms with van der Waals surface area (Å²) >= 11 is 5.98. The molecule has 1 atom stereocenters. The fourth-order valence-electron chi connectivity index (χ4n) is 2.98. The maximum atomic E-state index is 5.98. The average Bonchev–Trinajstić information content (AvgIpc) is 2.53. The molecule has 1 aliphatic rings. The van der Waals surface area contributed by atoms with Crippen LogP contribution in [0.4, 0.5) is 0 Å². The number of rotatable bonds is 2. The Morgan fingerprint density at radius 3 is 2.44 bits per heavy atom. The van der Waals surface area contributed by atoms with Crippen molar-refractivity contribution in [1.29, 1.82) is 0 Å². The number of aryl methyl sites for hydroxylation is 1. The van der Waals surface area contributed by atoms with Crippen molar-refractivity contribution in [3.63, 3.8) is 0 Å². The molecule has 0 aliphatic heterocycles. The van der Waals surface area contributed by atoms with Crippen LogP contribution in [-0.2, 0) is 6.42 Å². The maximum Gasteiger partial charge on any atom is 0.211 e. The van der Waals surface area contributed by atoms with E-state index in [1.165, 1.54) is 5.56 Å². The Bertz CT molecular complexity index is 783. The molecule has 2 aromatic rings. The zero-order valence-electron chi connectivity index (χ0n) is 13.6. The highest BCUT2D eigenvalue weighted by Crippen LogP contribution is 2.34. The summed E-state index contributed by atoms with van der Waals surface area (Å²) in [5.41, 5.74) is 16.1. The summed E-state index contributed by atoms with van der Waals surface area (Å²) in [6, 6.07) is 9.89. The van der Waals surface area contributed by atoms with Crippen LogP contribution < -0.4 is 11.5 Å². The Morgan fingerprint density at radius 1 is 1.12 bits per heavy atom. The normalized spacial score (nSPS) is 17.0. The summed E-state index contributed by atoms with van der Waals surface area (Å²) in [5, 5.41) is 8.84. The zero-order chi connectivity index (χ0) is 16.4. The van der Waals surface area contributed by atoms with E-state index in [1.807, 2.05) is 43.5 Å². The number of aromatic nitrogens is 1. The molecule has 0 amide bonds. The van der Waals surface area contributed by atoms with Crippen molar-refractivity contribution >= 4 is 48.1 Å². The molecular formula is C17H20Cl3N5. The van der Waals surface area contributed by atoms with Gasteiger partial charge in [0, 0.05) is 16.8 Å². The molecule has 1 heterocycles. The molecule has 0 saturated carbocycles. The van der Waals surface area contributed by atoms with E-state index in [4.69, 9.17) is 23.1 Å². The van der Waals surface area contributed by atoms with Gasteiger partial charge in [-0.2, -0.15) is 5.10 Å². The second kappa shape index (κ2) is 9.04. The average molecular weight is 401 g/mol. The number of hydrogen-bond donors (Lipinski definition) is 2. The molecule has 0 radical (unpaired) electrons. The molecule has 1 aliphatic carbocycles. The van der Waals surface area contributed by atoms with Crippen LogP contribution in [0.25, 0.3) is 0 Å². The molecular weight excluding hydrogens is 381 g/mol. The first kappa shape index (κ1) is 21.2. The highest BCUT2D eigenvalue weighted by Gasteiger charge is 2.27. The molecule has 0 fully saturated rings. The number of nitrogens with zero attached hydrogens (tertiary/aromatic N) is 3. The lowest BCUT2D eigenvalue weighted by Gasteiger charge is -2.26. The van der Waals surface area contributed by atoms with Gasteiger partial charge in [-0.3, -0.25) is 4.98 Å². The quantitative estimate of drug-likeness (QED) is 0.458. The standard InChI is InChI=1S/C17H18ClN5.2ClH/c1-10-6-7-21-14-8-12(11-2-4-13(18)5-3-11)9-15(16(10)14)22-23-17(19)20;;/h2-7,12H,8-9H2,1H3,(H4,19,20,23);2*1H/b22-15+;;. The van der Waals surface area contributed by atoms with Crippen molar-refractivity contribution in [2.75, 3.05) is 0 Å². The molecule has 0 saturated heterocycles. The van der Waals surface area contributed by atoms with Crippen molar-refractivity contribution in [3.05, 3.63) is 63.9 Å². The molecule has 0 bridgehead atoms. The summed E-state index contributed by atoms with van der Waals surface area (Å²) in [4.78, 5) is 4.53. The Labute approximate surface area is 164 Å². The van der Waals surface area contributed by atoms with Gasteiger partial charge in [0.1, 0.15) is 0 Å². The third-order valence-electron chi connectivity index (χ3n) is 4.03. The molecule has 1 aromatic carbocycles. The van der Waals surface area contributed by atoms with Crippen LogP contribution in [0.15, 0.2) is 46.7 Å². The van der Waals surface area contributed by atoms with E-state index >= 15 is 0 Å². The van der Waals surface area contributed by atoms with Gasteiger partial charge in [-0.25, -0.2) is 0 Å². The summed E-state index contributed by atoms with van der Waals surface area (Å²) < 4.78 is 0. The first-order valence-corrected chi connectivity index (χ1v) is 7.78. The van der Waals surface area contributed by atoms with Crippen molar-refractivity contribution in [2.45, 2.75) is 25.7 Å². The molecule has 8 heteroatoms. The molecule has 0 spiro atoms. The van der Waals surface area contributed by atoms with E-state index in [0.29, 0.717) is 0 Å². The maximum absolute atomic E-state index is 5.98. The number of halogens is 3. The number of fused-ring (bicyclic) bond motifs is 1. The van der Waals surface area contributed by atoms with Crippen LogP contribution in [0, 0.1) is 6.92 Å². The number of benzene rings is 1. The van der Waals surface area contributed by atoms with E-state index < -0.39 is 0 Å². The second-order valence-electron chi connectivity index (χ2n) is 5.68. The molecule has 4 N–H and O–H groups in total. The molecule has 1 aromatic heterocycles. The number of pyridine rings is 1. The van der Waals surface area contributed by atoms with Gasteiger partial charge in [0.25, 0.3) is 0 Å². The third-order valence-corrected chi connectivity index (χ3v) is 4.29. The molecule has 5 nitrogen and oxygen atoms in total. The summed E-state index contributed by atoms with van der Waals surface area (Å²) in [6.45, 7) is 2.05. The van der Waals surface area contributed by atoms with Crippen LogP contribution in [0.3, 0.4) is 0 Å². The molecule has 25 heavy (non-hydrogen) atoms. The van der Waals surface area contributed by atoms with Gasteiger partial charge < -0.3 is 11.5 Å².